The van der Waals surface area contributed by atoms with Crippen molar-refractivity contribution in [2.24, 2.45) is 0 Å². The Kier molecular flexibility index (Phi) is 3.63. The second kappa shape index (κ2) is 5.82. The minimum Gasteiger partial charge on any atom is -0.358 e. The van der Waals surface area contributed by atoms with Crippen molar-refractivity contribution in [2.75, 3.05) is 13.1 Å². The fourth-order valence-electron chi connectivity index (χ4n) is 3.69. The van der Waals surface area contributed by atoms with E-state index in [1.807, 2.05) is 29.2 Å². The highest BCUT2D eigenvalue weighted by atomic mass is 16.2. The molecule has 2 aromatic heterocycles. The van der Waals surface area contributed by atoms with Gasteiger partial charge in [0, 0.05) is 53.1 Å². The number of amides is 1. The molecule has 1 aliphatic rings. The second-order valence-corrected chi connectivity index (χ2v) is 6.74. The normalized spacial score (nSPS) is 18.2. The monoisotopic (exact) mass is 322 g/mol. The van der Waals surface area contributed by atoms with Crippen molar-refractivity contribution in [3.63, 3.8) is 0 Å². The zero-order chi connectivity index (χ0) is 16.7. The van der Waals surface area contributed by atoms with E-state index in [2.05, 4.69) is 29.0 Å². The fraction of sp³-hybridized carbons (Fsp3) is 0.368. The number of nitrogens with zero attached hydrogens (tertiary/aromatic N) is 2. The zero-order valence-corrected chi connectivity index (χ0v) is 14.1. The van der Waals surface area contributed by atoms with Gasteiger partial charge in [0.15, 0.2) is 0 Å². The van der Waals surface area contributed by atoms with Gasteiger partial charge in [-0.15, -0.1) is 0 Å². The maximum atomic E-state index is 13.0. The van der Waals surface area contributed by atoms with Crippen molar-refractivity contribution < 1.29 is 4.79 Å². The molecule has 0 radical (unpaired) electrons. The molecule has 1 amide bonds. The fourth-order valence-corrected chi connectivity index (χ4v) is 3.69. The lowest BCUT2D eigenvalue weighted by Gasteiger charge is -2.32. The first-order chi connectivity index (χ1) is 11.6. The van der Waals surface area contributed by atoms with Crippen LogP contribution >= 0.6 is 0 Å². The molecule has 4 rings (SSSR count). The number of benzene rings is 1. The number of H-pyrrole nitrogens is 2. The number of rotatable bonds is 2. The highest BCUT2D eigenvalue weighted by molar-refractivity contribution is 5.99. The Morgan fingerprint density at radius 1 is 1.29 bits per heavy atom. The minimum atomic E-state index is 0.124. The number of piperidine rings is 1. The highest BCUT2D eigenvalue weighted by Gasteiger charge is 2.26. The van der Waals surface area contributed by atoms with Gasteiger partial charge in [-0.1, -0.05) is 0 Å². The van der Waals surface area contributed by atoms with Crippen molar-refractivity contribution in [3.8, 4) is 0 Å². The van der Waals surface area contributed by atoms with Crippen LogP contribution in [0.25, 0.3) is 10.9 Å². The lowest BCUT2D eigenvalue weighted by molar-refractivity contribution is 0.0706. The Balaban J connectivity index is 1.59. The summed E-state index contributed by atoms with van der Waals surface area (Å²) in [6.45, 7) is 5.74. The van der Waals surface area contributed by atoms with Crippen LogP contribution in [0.2, 0.25) is 0 Å². The highest BCUT2D eigenvalue weighted by Crippen LogP contribution is 2.27. The molecule has 3 heterocycles. The van der Waals surface area contributed by atoms with Crippen molar-refractivity contribution in [2.45, 2.75) is 32.6 Å². The van der Waals surface area contributed by atoms with E-state index in [1.54, 1.807) is 6.20 Å². The van der Waals surface area contributed by atoms with Crippen molar-refractivity contribution in [1.29, 1.82) is 0 Å². The maximum Gasteiger partial charge on any atom is 0.253 e. The third-order valence-corrected chi connectivity index (χ3v) is 5.23. The van der Waals surface area contributed by atoms with E-state index in [9.17, 15) is 4.79 Å². The van der Waals surface area contributed by atoms with Crippen LogP contribution in [0.1, 0.15) is 46.1 Å². The molecular formula is C19H22N4O. The molecule has 5 heteroatoms. The summed E-state index contributed by atoms with van der Waals surface area (Å²) in [7, 11) is 0. The van der Waals surface area contributed by atoms with Crippen molar-refractivity contribution in [1.82, 2.24) is 20.1 Å². The Morgan fingerprint density at radius 3 is 2.96 bits per heavy atom. The van der Waals surface area contributed by atoms with Crippen LogP contribution in [0.15, 0.2) is 30.5 Å². The third-order valence-electron chi connectivity index (χ3n) is 5.23. The number of aromatic nitrogens is 3. The number of carbonyl (C=O) groups excluding carboxylic acids is 1. The summed E-state index contributed by atoms with van der Waals surface area (Å²) in [4.78, 5) is 18.3. The summed E-state index contributed by atoms with van der Waals surface area (Å²) in [5, 5.41) is 8.23. The van der Waals surface area contributed by atoms with E-state index in [0.29, 0.717) is 5.92 Å². The number of carbonyl (C=O) groups is 1. The SMILES string of the molecule is Cc1[nH]c2ccc(C(=O)N3CCC[C@H](c4ccn[nH]4)C3)cc2c1C. The number of hydrogen-bond donors (Lipinski definition) is 2. The molecule has 1 aliphatic heterocycles. The summed E-state index contributed by atoms with van der Waals surface area (Å²) in [6, 6.07) is 7.98. The molecule has 1 fully saturated rings. The van der Waals surface area contributed by atoms with Crippen LogP contribution in [-0.2, 0) is 0 Å². The first-order valence-electron chi connectivity index (χ1n) is 8.51. The first-order valence-corrected chi connectivity index (χ1v) is 8.51. The summed E-state index contributed by atoms with van der Waals surface area (Å²) in [5.41, 5.74) is 5.37. The zero-order valence-electron chi connectivity index (χ0n) is 14.1. The van der Waals surface area contributed by atoms with Gasteiger partial charge in [-0.3, -0.25) is 9.89 Å². The lowest BCUT2D eigenvalue weighted by Crippen LogP contribution is -2.39. The predicted octanol–water partition coefficient (Wildman–Crippen LogP) is 3.53. The first kappa shape index (κ1) is 15.0. The van der Waals surface area contributed by atoms with Gasteiger partial charge in [-0.2, -0.15) is 5.10 Å². The molecule has 124 valence electrons. The number of likely N-dealkylation sites (tertiary alicyclic amines) is 1. The molecule has 5 nitrogen and oxygen atoms in total. The van der Waals surface area contributed by atoms with Crippen LogP contribution in [0.5, 0.6) is 0 Å². The molecule has 0 aliphatic carbocycles. The quantitative estimate of drug-likeness (QED) is 0.758. The van der Waals surface area contributed by atoms with Crippen LogP contribution in [0.3, 0.4) is 0 Å². The average Bonchev–Trinajstić information content (AvgIpc) is 3.24. The van der Waals surface area contributed by atoms with Gasteiger partial charge < -0.3 is 9.88 Å². The third kappa shape index (κ3) is 2.50. The van der Waals surface area contributed by atoms with Gasteiger partial charge >= 0.3 is 0 Å². The summed E-state index contributed by atoms with van der Waals surface area (Å²) >= 11 is 0. The standard InChI is InChI=1S/C19H22N4O/c1-12-13(2)21-18-6-5-14(10-16(12)18)19(24)23-9-3-4-15(11-23)17-7-8-20-22-17/h5-8,10,15,21H,3-4,9,11H2,1-2H3,(H,20,22)/t15-/m0/s1. The van der Waals surface area contributed by atoms with Gasteiger partial charge in [0.05, 0.1) is 0 Å². The van der Waals surface area contributed by atoms with Gasteiger partial charge in [-0.05, 0) is 56.5 Å². The number of aryl methyl sites for hydroxylation is 2. The van der Waals surface area contributed by atoms with Crippen LogP contribution in [-0.4, -0.2) is 39.1 Å². The Labute approximate surface area is 141 Å². The summed E-state index contributed by atoms with van der Waals surface area (Å²) in [6.07, 6.45) is 3.90. The minimum absolute atomic E-state index is 0.124. The topological polar surface area (TPSA) is 64.8 Å². The molecular weight excluding hydrogens is 300 g/mol. The van der Waals surface area contributed by atoms with E-state index in [4.69, 9.17) is 0 Å². The largest absolute Gasteiger partial charge is 0.358 e. The van der Waals surface area contributed by atoms with Crippen LogP contribution in [0.4, 0.5) is 0 Å². The van der Waals surface area contributed by atoms with E-state index in [-0.39, 0.29) is 5.91 Å². The molecule has 1 aromatic carbocycles. The number of aromatic amines is 2. The number of fused-ring (bicyclic) bond motifs is 1. The molecule has 0 spiro atoms. The Bertz CT molecular complexity index is 878. The average molecular weight is 322 g/mol. The van der Waals surface area contributed by atoms with Crippen molar-refractivity contribution in [3.05, 3.63) is 53.0 Å². The van der Waals surface area contributed by atoms with Gasteiger partial charge in [0.1, 0.15) is 0 Å². The molecule has 3 aromatic rings. The molecule has 0 unspecified atom stereocenters. The van der Waals surface area contributed by atoms with Gasteiger partial charge in [0.2, 0.25) is 0 Å². The molecule has 0 saturated carbocycles. The number of nitrogens with one attached hydrogen (secondary N) is 2. The maximum absolute atomic E-state index is 13.0. The van der Waals surface area contributed by atoms with E-state index < -0.39 is 0 Å². The number of hydrogen-bond acceptors (Lipinski definition) is 2. The molecule has 24 heavy (non-hydrogen) atoms. The lowest BCUT2D eigenvalue weighted by atomic mass is 9.94. The van der Waals surface area contributed by atoms with E-state index >= 15 is 0 Å². The molecule has 1 atom stereocenters. The smallest absolute Gasteiger partial charge is 0.253 e. The summed E-state index contributed by atoms with van der Waals surface area (Å²) < 4.78 is 0. The van der Waals surface area contributed by atoms with Gasteiger partial charge in [-0.25, -0.2) is 0 Å². The van der Waals surface area contributed by atoms with Crippen molar-refractivity contribution >= 4 is 16.8 Å². The van der Waals surface area contributed by atoms with Crippen LogP contribution < -0.4 is 0 Å². The van der Waals surface area contributed by atoms with Crippen LogP contribution in [0, 0.1) is 13.8 Å². The Morgan fingerprint density at radius 2 is 2.17 bits per heavy atom. The predicted molar refractivity (Wildman–Crippen MR) is 94.2 cm³/mol. The molecule has 2 N–H and O–H groups in total. The second-order valence-electron chi connectivity index (χ2n) is 6.74. The Hall–Kier alpha value is -2.56. The molecule has 1 saturated heterocycles. The molecule has 0 bridgehead atoms. The van der Waals surface area contributed by atoms with E-state index in [0.717, 1.165) is 53.8 Å². The van der Waals surface area contributed by atoms with E-state index in [1.165, 1.54) is 5.56 Å². The van der Waals surface area contributed by atoms with Gasteiger partial charge in [0.25, 0.3) is 5.91 Å². The summed E-state index contributed by atoms with van der Waals surface area (Å²) in [5.74, 6) is 0.476.